The van der Waals surface area contributed by atoms with E-state index in [4.69, 9.17) is 28.6 Å². The lowest BCUT2D eigenvalue weighted by Gasteiger charge is -2.30. The molecule has 0 bridgehead atoms. The number of halogens is 2. The number of ether oxygens (including phenoxy) is 1. The summed E-state index contributed by atoms with van der Waals surface area (Å²) in [5.41, 5.74) is 0.546. The summed E-state index contributed by atoms with van der Waals surface area (Å²) in [6, 6.07) is 4.01. The van der Waals surface area contributed by atoms with E-state index in [1.165, 1.54) is 18.2 Å². The second-order valence-corrected chi connectivity index (χ2v) is 8.32. The Bertz CT molecular complexity index is 685. The Labute approximate surface area is 145 Å². The van der Waals surface area contributed by atoms with Crippen LogP contribution in [0.1, 0.15) is 6.42 Å². The molecular formula is C14H18ClFN2O3S2. The molecule has 0 amide bonds. The van der Waals surface area contributed by atoms with Gasteiger partial charge >= 0.3 is 0 Å². The van der Waals surface area contributed by atoms with Crippen LogP contribution in [0, 0.1) is 5.82 Å². The Morgan fingerprint density at radius 3 is 2.87 bits per heavy atom. The third-order valence-corrected chi connectivity index (χ3v) is 5.99. The van der Waals surface area contributed by atoms with Crippen molar-refractivity contribution in [1.82, 2.24) is 4.90 Å². The Morgan fingerprint density at radius 2 is 2.30 bits per heavy atom. The first kappa shape index (κ1) is 18.4. The SMILES string of the molecule is COCCN(C(=S)Nc1ccc(F)c(Cl)c1)C1CCS(=O)(=O)C1. The molecule has 2 rings (SSSR count). The van der Waals surface area contributed by atoms with Gasteiger partial charge in [-0.25, -0.2) is 12.8 Å². The summed E-state index contributed by atoms with van der Waals surface area (Å²) in [6.45, 7) is 0.889. The number of sulfone groups is 1. The van der Waals surface area contributed by atoms with Crippen molar-refractivity contribution in [2.75, 3.05) is 37.1 Å². The van der Waals surface area contributed by atoms with E-state index >= 15 is 0 Å². The lowest BCUT2D eigenvalue weighted by atomic mass is 10.2. The first-order valence-electron chi connectivity index (χ1n) is 7.04. The second-order valence-electron chi connectivity index (χ2n) is 5.30. The van der Waals surface area contributed by atoms with Crippen LogP contribution in [0.3, 0.4) is 0 Å². The topological polar surface area (TPSA) is 58.6 Å². The standard InChI is InChI=1S/C14H18ClFN2O3S2/c1-21-6-5-18(11-4-7-23(19,20)9-11)14(22)17-10-2-3-13(16)12(15)8-10/h2-3,8,11H,4-7,9H2,1H3,(H,17,22). The number of thiocarbonyl (C=S) groups is 1. The summed E-state index contributed by atoms with van der Waals surface area (Å²) in [5, 5.41) is 3.34. The minimum absolute atomic E-state index is 0.00955. The largest absolute Gasteiger partial charge is 0.383 e. The van der Waals surface area contributed by atoms with Gasteiger partial charge in [0.25, 0.3) is 0 Å². The zero-order valence-electron chi connectivity index (χ0n) is 12.6. The molecular weight excluding hydrogens is 363 g/mol. The third kappa shape index (κ3) is 5.00. The molecule has 0 radical (unpaired) electrons. The molecule has 1 aromatic rings. The van der Waals surface area contributed by atoms with Crippen molar-refractivity contribution >= 4 is 44.5 Å². The molecule has 1 aliphatic rings. The van der Waals surface area contributed by atoms with Crippen molar-refractivity contribution in [3.8, 4) is 0 Å². The van der Waals surface area contributed by atoms with E-state index in [9.17, 15) is 12.8 Å². The molecule has 1 saturated heterocycles. The van der Waals surface area contributed by atoms with Gasteiger partial charge in [-0.2, -0.15) is 0 Å². The maximum Gasteiger partial charge on any atom is 0.173 e. The van der Waals surface area contributed by atoms with Gasteiger partial charge in [-0.05, 0) is 36.8 Å². The Hall–Kier alpha value is -0.960. The average Bonchev–Trinajstić information content (AvgIpc) is 2.83. The van der Waals surface area contributed by atoms with E-state index in [0.717, 1.165) is 0 Å². The van der Waals surface area contributed by atoms with Crippen molar-refractivity contribution in [3.63, 3.8) is 0 Å². The van der Waals surface area contributed by atoms with Crippen LogP contribution < -0.4 is 5.32 Å². The molecule has 0 spiro atoms. The Balaban J connectivity index is 2.11. The van der Waals surface area contributed by atoms with Crippen LogP contribution in [0.15, 0.2) is 18.2 Å². The highest BCUT2D eigenvalue weighted by molar-refractivity contribution is 7.91. The predicted octanol–water partition coefficient (Wildman–Crippen LogP) is 2.31. The van der Waals surface area contributed by atoms with Crippen LogP contribution in [0.25, 0.3) is 0 Å². The van der Waals surface area contributed by atoms with Crippen LogP contribution in [0.5, 0.6) is 0 Å². The van der Waals surface area contributed by atoms with Crippen molar-refractivity contribution in [2.24, 2.45) is 0 Å². The molecule has 0 saturated carbocycles. The minimum atomic E-state index is -3.02. The van der Waals surface area contributed by atoms with Crippen LogP contribution in [-0.4, -0.2) is 56.2 Å². The molecule has 23 heavy (non-hydrogen) atoms. The van der Waals surface area contributed by atoms with Crippen LogP contribution >= 0.6 is 23.8 Å². The highest BCUT2D eigenvalue weighted by atomic mass is 35.5. The van der Waals surface area contributed by atoms with Gasteiger partial charge in [0, 0.05) is 25.4 Å². The van der Waals surface area contributed by atoms with E-state index in [1.807, 2.05) is 0 Å². The predicted molar refractivity (Wildman–Crippen MR) is 93.3 cm³/mol. The third-order valence-electron chi connectivity index (χ3n) is 3.62. The molecule has 9 heteroatoms. The fraction of sp³-hybridized carbons (Fsp3) is 0.500. The number of nitrogens with one attached hydrogen (secondary N) is 1. The van der Waals surface area contributed by atoms with Crippen LogP contribution in [0.2, 0.25) is 5.02 Å². The average molecular weight is 381 g/mol. The zero-order valence-corrected chi connectivity index (χ0v) is 15.0. The van der Waals surface area contributed by atoms with Crippen LogP contribution in [-0.2, 0) is 14.6 Å². The lowest BCUT2D eigenvalue weighted by molar-refractivity contribution is 0.166. The fourth-order valence-electron chi connectivity index (χ4n) is 2.43. The highest BCUT2D eigenvalue weighted by Crippen LogP contribution is 2.22. The number of hydrogen-bond donors (Lipinski definition) is 1. The number of rotatable bonds is 5. The smallest absolute Gasteiger partial charge is 0.173 e. The van der Waals surface area contributed by atoms with Gasteiger partial charge in [0.1, 0.15) is 5.82 Å². The van der Waals surface area contributed by atoms with E-state index in [-0.39, 0.29) is 22.6 Å². The Morgan fingerprint density at radius 1 is 1.57 bits per heavy atom. The first-order chi connectivity index (χ1) is 10.8. The van der Waals surface area contributed by atoms with Gasteiger partial charge in [0.15, 0.2) is 14.9 Å². The second kappa shape index (κ2) is 7.74. The van der Waals surface area contributed by atoms with Crippen LogP contribution in [0.4, 0.5) is 10.1 Å². The number of benzene rings is 1. The zero-order chi connectivity index (χ0) is 17.0. The van der Waals surface area contributed by atoms with Gasteiger partial charge in [0.05, 0.1) is 23.1 Å². The fourth-order valence-corrected chi connectivity index (χ4v) is 4.70. The Kier molecular flexibility index (Phi) is 6.19. The monoisotopic (exact) mass is 380 g/mol. The summed E-state index contributed by atoms with van der Waals surface area (Å²) in [5.74, 6) is -0.282. The summed E-state index contributed by atoms with van der Waals surface area (Å²) < 4.78 is 41.7. The van der Waals surface area contributed by atoms with E-state index in [1.54, 1.807) is 12.0 Å². The van der Waals surface area contributed by atoms with Gasteiger partial charge in [-0.15, -0.1) is 0 Å². The molecule has 1 atom stereocenters. The molecule has 0 aliphatic carbocycles. The van der Waals surface area contributed by atoms with Crippen molar-refractivity contribution in [3.05, 3.63) is 29.0 Å². The lowest BCUT2D eigenvalue weighted by Crippen LogP contribution is -2.45. The van der Waals surface area contributed by atoms with Crippen molar-refractivity contribution in [1.29, 1.82) is 0 Å². The maximum atomic E-state index is 13.2. The number of nitrogens with zero attached hydrogens (tertiary/aromatic N) is 1. The van der Waals surface area contributed by atoms with Gasteiger partial charge in [-0.3, -0.25) is 0 Å². The van der Waals surface area contributed by atoms with Gasteiger partial charge < -0.3 is 15.0 Å². The summed E-state index contributed by atoms with van der Waals surface area (Å²) >= 11 is 11.1. The molecule has 1 fully saturated rings. The molecule has 1 unspecified atom stereocenters. The molecule has 1 heterocycles. The molecule has 1 N–H and O–H groups in total. The van der Waals surface area contributed by atoms with E-state index in [2.05, 4.69) is 5.32 Å². The summed E-state index contributed by atoms with van der Waals surface area (Å²) in [7, 11) is -1.46. The van der Waals surface area contributed by atoms with E-state index < -0.39 is 15.7 Å². The number of hydrogen-bond acceptors (Lipinski definition) is 4. The van der Waals surface area contributed by atoms with Crippen molar-refractivity contribution in [2.45, 2.75) is 12.5 Å². The maximum absolute atomic E-state index is 13.2. The summed E-state index contributed by atoms with van der Waals surface area (Å²) in [6.07, 6.45) is 0.526. The quantitative estimate of drug-likeness (QED) is 0.791. The van der Waals surface area contributed by atoms with Gasteiger partial charge in [-0.1, -0.05) is 11.6 Å². The molecule has 1 aromatic carbocycles. The molecule has 1 aliphatic heterocycles. The molecule has 5 nitrogen and oxygen atoms in total. The normalized spacial score (nSPS) is 19.5. The first-order valence-corrected chi connectivity index (χ1v) is 9.65. The highest BCUT2D eigenvalue weighted by Gasteiger charge is 2.33. The number of anilines is 1. The molecule has 128 valence electrons. The minimum Gasteiger partial charge on any atom is -0.383 e. The van der Waals surface area contributed by atoms with Gasteiger partial charge in [0.2, 0.25) is 0 Å². The number of methoxy groups -OCH3 is 1. The summed E-state index contributed by atoms with van der Waals surface area (Å²) in [4.78, 5) is 1.81. The van der Waals surface area contributed by atoms with E-state index in [0.29, 0.717) is 30.4 Å². The van der Waals surface area contributed by atoms with Crippen molar-refractivity contribution < 1.29 is 17.5 Å². The molecule has 0 aromatic heterocycles.